The summed E-state index contributed by atoms with van der Waals surface area (Å²) in [5, 5.41) is 3.16. The van der Waals surface area contributed by atoms with Crippen LogP contribution in [0.1, 0.15) is 29.5 Å². The van der Waals surface area contributed by atoms with Crippen molar-refractivity contribution < 1.29 is 4.79 Å². The van der Waals surface area contributed by atoms with E-state index < -0.39 is 0 Å². The molecule has 1 heterocycles. The van der Waals surface area contributed by atoms with Crippen LogP contribution in [0.25, 0.3) is 0 Å². The molecular weight excluding hydrogens is 296 g/mol. The summed E-state index contributed by atoms with van der Waals surface area (Å²) in [7, 11) is 0. The van der Waals surface area contributed by atoms with Crippen LogP contribution in [0.3, 0.4) is 0 Å². The van der Waals surface area contributed by atoms with Gasteiger partial charge in [-0.05, 0) is 56.5 Å². The van der Waals surface area contributed by atoms with Crippen molar-refractivity contribution in [1.82, 2.24) is 4.90 Å². The van der Waals surface area contributed by atoms with Crippen molar-refractivity contribution in [2.24, 2.45) is 5.92 Å². The predicted molar refractivity (Wildman–Crippen MR) is 99.0 cm³/mol. The third-order valence-electron chi connectivity index (χ3n) is 4.94. The molecule has 1 N–H and O–H groups in total. The predicted octanol–water partition coefficient (Wildman–Crippen LogP) is 4.15. The molecule has 0 aromatic heterocycles. The lowest BCUT2D eigenvalue weighted by Crippen LogP contribution is -2.37. The SMILES string of the molecule is Cc1cccc(C)c1NC(=O)C1CCN(Cc2ccccc2)CC1. The Morgan fingerprint density at radius 1 is 1.00 bits per heavy atom. The van der Waals surface area contributed by atoms with E-state index in [0.29, 0.717) is 0 Å². The number of amides is 1. The molecule has 0 saturated carbocycles. The van der Waals surface area contributed by atoms with Gasteiger partial charge in [0, 0.05) is 18.2 Å². The highest BCUT2D eigenvalue weighted by molar-refractivity contribution is 5.94. The molecule has 1 aliphatic rings. The molecule has 1 saturated heterocycles. The summed E-state index contributed by atoms with van der Waals surface area (Å²) < 4.78 is 0. The molecule has 0 aliphatic carbocycles. The summed E-state index contributed by atoms with van der Waals surface area (Å²) >= 11 is 0. The first-order valence-corrected chi connectivity index (χ1v) is 8.77. The summed E-state index contributed by atoms with van der Waals surface area (Å²) in [4.78, 5) is 15.0. The van der Waals surface area contributed by atoms with E-state index in [2.05, 4.69) is 34.5 Å². The Balaban J connectivity index is 1.54. The number of carbonyl (C=O) groups is 1. The van der Waals surface area contributed by atoms with Crippen molar-refractivity contribution in [2.75, 3.05) is 18.4 Å². The van der Waals surface area contributed by atoms with Crippen LogP contribution in [0.2, 0.25) is 0 Å². The molecule has 2 aromatic carbocycles. The number of para-hydroxylation sites is 1. The maximum Gasteiger partial charge on any atom is 0.227 e. The zero-order valence-corrected chi connectivity index (χ0v) is 14.6. The third kappa shape index (κ3) is 4.04. The number of nitrogens with one attached hydrogen (secondary N) is 1. The molecule has 1 fully saturated rings. The van der Waals surface area contributed by atoms with Crippen molar-refractivity contribution in [3.8, 4) is 0 Å². The second-order valence-electron chi connectivity index (χ2n) is 6.79. The second kappa shape index (κ2) is 7.63. The first-order valence-electron chi connectivity index (χ1n) is 8.77. The van der Waals surface area contributed by atoms with E-state index in [1.54, 1.807) is 0 Å². The zero-order valence-electron chi connectivity index (χ0n) is 14.6. The van der Waals surface area contributed by atoms with Gasteiger partial charge in [0.15, 0.2) is 0 Å². The van der Waals surface area contributed by atoms with E-state index in [4.69, 9.17) is 0 Å². The minimum Gasteiger partial charge on any atom is -0.325 e. The van der Waals surface area contributed by atoms with Crippen LogP contribution in [0, 0.1) is 19.8 Å². The molecule has 3 heteroatoms. The van der Waals surface area contributed by atoms with E-state index in [-0.39, 0.29) is 11.8 Å². The van der Waals surface area contributed by atoms with Gasteiger partial charge in [-0.1, -0.05) is 48.5 Å². The van der Waals surface area contributed by atoms with Crippen LogP contribution in [-0.4, -0.2) is 23.9 Å². The summed E-state index contributed by atoms with van der Waals surface area (Å²) in [6.07, 6.45) is 1.87. The van der Waals surface area contributed by atoms with Crippen LogP contribution in [0.4, 0.5) is 5.69 Å². The Morgan fingerprint density at radius 2 is 1.62 bits per heavy atom. The molecule has 0 atom stereocenters. The van der Waals surface area contributed by atoms with Crippen molar-refractivity contribution >= 4 is 11.6 Å². The van der Waals surface area contributed by atoms with Crippen LogP contribution < -0.4 is 5.32 Å². The van der Waals surface area contributed by atoms with E-state index >= 15 is 0 Å². The smallest absolute Gasteiger partial charge is 0.227 e. The Hall–Kier alpha value is -2.13. The maximum atomic E-state index is 12.6. The Morgan fingerprint density at radius 3 is 2.25 bits per heavy atom. The molecule has 1 amide bonds. The normalized spacial score (nSPS) is 16.1. The zero-order chi connectivity index (χ0) is 16.9. The Kier molecular flexibility index (Phi) is 5.31. The van der Waals surface area contributed by atoms with Gasteiger partial charge in [0.1, 0.15) is 0 Å². The van der Waals surface area contributed by atoms with Gasteiger partial charge in [0.2, 0.25) is 5.91 Å². The summed E-state index contributed by atoms with van der Waals surface area (Å²) in [5.74, 6) is 0.294. The Bertz CT molecular complexity index is 668. The third-order valence-corrected chi connectivity index (χ3v) is 4.94. The van der Waals surface area contributed by atoms with E-state index in [9.17, 15) is 4.79 Å². The molecule has 0 unspecified atom stereocenters. The number of hydrogen-bond donors (Lipinski definition) is 1. The van der Waals surface area contributed by atoms with E-state index in [1.165, 1.54) is 5.56 Å². The van der Waals surface area contributed by atoms with Crippen molar-refractivity contribution in [3.05, 3.63) is 65.2 Å². The second-order valence-corrected chi connectivity index (χ2v) is 6.79. The maximum absolute atomic E-state index is 12.6. The lowest BCUT2D eigenvalue weighted by molar-refractivity contribution is -0.121. The number of benzene rings is 2. The molecule has 24 heavy (non-hydrogen) atoms. The molecule has 3 nitrogen and oxygen atoms in total. The van der Waals surface area contributed by atoms with Crippen molar-refractivity contribution in [1.29, 1.82) is 0 Å². The highest BCUT2D eigenvalue weighted by atomic mass is 16.1. The number of hydrogen-bond acceptors (Lipinski definition) is 2. The lowest BCUT2D eigenvalue weighted by Gasteiger charge is -2.31. The molecule has 2 aromatic rings. The summed E-state index contributed by atoms with van der Waals surface area (Å²) in [6, 6.07) is 16.7. The molecule has 0 radical (unpaired) electrons. The Labute approximate surface area is 144 Å². The van der Waals surface area contributed by atoms with Crippen LogP contribution in [-0.2, 0) is 11.3 Å². The first-order chi connectivity index (χ1) is 11.6. The fourth-order valence-corrected chi connectivity index (χ4v) is 3.43. The quantitative estimate of drug-likeness (QED) is 0.917. The molecular formula is C21H26N2O. The average molecular weight is 322 g/mol. The lowest BCUT2D eigenvalue weighted by atomic mass is 9.95. The minimum atomic E-state index is 0.121. The average Bonchev–Trinajstić information content (AvgIpc) is 2.60. The highest BCUT2D eigenvalue weighted by Gasteiger charge is 2.25. The van der Waals surface area contributed by atoms with Gasteiger partial charge in [-0.2, -0.15) is 0 Å². The van der Waals surface area contributed by atoms with Gasteiger partial charge < -0.3 is 5.32 Å². The van der Waals surface area contributed by atoms with Crippen molar-refractivity contribution in [2.45, 2.75) is 33.2 Å². The van der Waals surface area contributed by atoms with Gasteiger partial charge in [-0.25, -0.2) is 0 Å². The number of aryl methyl sites for hydroxylation is 2. The molecule has 3 rings (SSSR count). The largest absolute Gasteiger partial charge is 0.325 e. The number of rotatable bonds is 4. The topological polar surface area (TPSA) is 32.3 Å². The number of carbonyl (C=O) groups excluding carboxylic acids is 1. The highest BCUT2D eigenvalue weighted by Crippen LogP contribution is 2.24. The number of likely N-dealkylation sites (tertiary alicyclic amines) is 1. The molecule has 0 bridgehead atoms. The van der Waals surface area contributed by atoms with Crippen LogP contribution in [0.15, 0.2) is 48.5 Å². The molecule has 126 valence electrons. The van der Waals surface area contributed by atoms with Gasteiger partial charge in [0.05, 0.1) is 0 Å². The van der Waals surface area contributed by atoms with E-state index in [0.717, 1.165) is 49.3 Å². The van der Waals surface area contributed by atoms with Gasteiger partial charge in [0.25, 0.3) is 0 Å². The number of nitrogens with zero attached hydrogens (tertiary/aromatic N) is 1. The number of anilines is 1. The van der Waals surface area contributed by atoms with Crippen molar-refractivity contribution in [3.63, 3.8) is 0 Å². The van der Waals surface area contributed by atoms with Gasteiger partial charge >= 0.3 is 0 Å². The standard InChI is InChI=1S/C21H26N2O/c1-16-7-6-8-17(2)20(16)22-21(24)19-11-13-23(14-12-19)15-18-9-4-3-5-10-18/h3-10,19H,11-15H2,1-2H3,(H,22,24). The number of piperidine rings is 1. The van der Waals surface area contributed by atoms with Gasteiger partial charge in [-0.15, -0.1) is 0 Å². The minimum absolute atomic E-state index is 0.121. The fraction of sp³-hybridized carbons (Fsp3) is 0.381. The molecule has 1 aliphatic heterocycles. The van der Waals surface area contributed by atoms with E-state index in [1.807, 2.05) is 38.1 Å². The molecule has 0 spiro atoms. The summed E-state index contributed by atoms with van der Waals surface area (Å²) in [5.41, 5.74) is 4.58. The fourth-order valence-electron chi connectivity index (χ4n) is 3.43. The first kappa shape index (κ1) is 16.7. The van der Waals surface area contributed by atoms with Crippen LogP contribution >= 0.6 is 0 Å². The van der Waals surface area contributed by atoms with Crippen LogP contribution in [0.5, 0.6) is 0 Å². The summed E-state index contributed by atoms with van der Waals surface area (Å²) in [6.45, 7) is 7.04. The monoisotopic (exact) mass is 322 g/mol. The van der Waals surface area contributed by atoms with Gasteiger partial charge in [-0.3, -0.25) is 9.69 Å².